The smallest absolute Gasteiger partial charge is 0.333 e. The molecule has 2 heteroatoms. The summed E-state index contributed by atoms with van der Waals surface area (Å²) in [5, 5.41) is 0. The van der Waals surface area contributed by atoms with Crippen LogP contribution in [-0.2, 0) is 9.53 Å². The molecule has 18 heavy (non-hydrogen) atoms. The van der Waals surface area contributed by atoms with Crippen LogP contribution in [0.5, 0.6) is 0 Å². The first-order chi connectivity index (χ1) is 8.32. The first-order valence-electron chi connectivity index (χ1n) is 7.21. The molecule has 0 N–H and O–H groups in total. The predicted octanol–water partition coefficient (Wildman–Crippen LogP) is 4.35. The van der Waals surface area contributed by atoms with E-state index in [1.54, 1.807) is 6.92 Å². The van der Waals surface area contributed by atoms with Crippen molar-refractivity contribution in [3.63, 3.8) is 0 Å². The Labute approximate surface area is 112 Å². The van der Waals surface area contributed by atoms with Gasteiger partial charge in [-0.25, -0.2) is 4.79 Å². The van der Waals surface area contributed by atoms with Crippen LogP contribution >= 0.6 is 0 Å². The highest BCUT2D eigenvalue weighted by molar-refractivity contribution is 5.87. The second-order valence-corrected chi connectivity index (χ2v) is 6.33. The Morgan fingerprint density at radius 3 is 2.50 bits per heavy atom. The SMILES string of the molecule is C=C(C)C(=O)OC1(CC)CC(C)CCC1C(C)C. The van der Waals surface area contributed by atoms with Gasteiger partial charge in [-0.05, 0) is 38.0 Å². The minimum absolute atomic E-state index is 0.225. The summed E-state index contributed by atoms with van der Waals surface area (Å²) in [5.74, 6) is 1.44. The summed E-state index contributed by atoms with van der Waals surface area (Å²) < 4.78 is 5.90. The third-order valence-corrected chi connectivity index (χ3v) is 4.39. The number of hydrogen-bond donors (Lipinski definition) is 0. The second kappa shape index (κ2) is 5.90. The van der Waals surface area contributed by atoms with Crippen LogP contribution in [0.25, 0.3) is 0 Å². The lowest BCUT2D eigenvalue weighted by molar-refractivity contribution is -0.172. The van der Waals surface area contributed by atoms with Crippen LogP contribution in [0, 0.1) is 17.8 Å². The maximum Gasteiger partial charge on any atom is 0.333 e. The van der Waals surface area contributed by atoms with Crippen molar-refractivity contribution in [3.05, 3.63) is 12.2 Å². The van der Waals surface area contributed by atoms with Gasteiger partial charge in [0.2, 0.25) is 0 Å². The molecule has 1 rings (SSSR count). The van der Waals surface area contributed by atoms with Gasteiger partial charge in [0.25, 0.3) is 0 Å². The van der Waals surface area contributed by atoms with E-state index in [1.807, 2.05) is 0 Å². The van der Waals surface area contributed by atoms with Crippen LogP contribution in [-0.4, -0.2) is 11.6 Å². The van der Waals surface area contributed by atoms with E-state index >= 15 is 0 Å². The van der Waals surface area contributed by atoms with E-state index in [1.165, 1.54) is 6.42 Å². The average Bonchev–Trinajstić information content (AvgIpc) is 2.28. The molecule has 0 aliphatic heterocycles. The molecule has 3 atom stereocenters. The average molecular weight is 252 g/mol. The Balaban J connectivity index is 2.97. The van der Waals surface area contributed by atoms with Gasteiger partial charge in [-0.3, -0.25) is 0 Å². The fourth-order valence-electron chi connectivity index (χ4n) is 3.38. The maximum atomic E-state index is 11.9. The van der Waals surface area contributed by atoms with Gasteiger partial charge < -0.3 is 4.74 Å². The molecule has 0 aromatic rings. The van der Waals surface area contributed by atoms with Gasteiger partial charge in [-0.15, -0.1) is 0 Å². The topological polar surface area (TPSA) is 26.3 Å². The number of carbonyl (C=O) groups is 1. The molecular weight excluding hydrogens is 224 g/mol. The molecule has 2 nitrogen and oxygen atoms in total. The van der Waals surface area contributed by atoms with E-state index < -0.39 is 0 Å². The van der Waals surface area contributed by atoms with Crippen molar-refractivity contribution in [2.75, 3.05) is 0 Å². The molecule has 3 unspecified atom stereocenters. The molecule has 104 valence electrons. The molecule has 1 saturated carbocycles. The van der Waals surface area contributed by atoms with E-state index in [4.69, 9.17) is 4.74 Å². The van der Waals surface area contributed by atoms with Gasteiger partial charge in [0.15, 0.2) is 0 Å². The van der Waals surface area contributed by atoms with Gasteiger partial charge in [-0.1, -0.05) is 40.7 Å². The van der Waals surface area contributed by atoms with Gasteiger partial charge >= 0.3 is 5.97 Å². The highest BCUT2D eigenvalue weighted by atomic mass is 16.6. The molecular formula is C16H28O2. The molecule has 1 fully saturated rings. The first-order valence-corrected chi connectivity index (χ1v) is 7.21. The van der Waals surface area contributed by atoms with E-state index in [-0.39, 0.29) is 11.6 Å². The molecule has 1 aliphatic carbocycles. The van der Waals surface area contributed by atoms with Crippen LogP contribution in [0.15, 0.2) is 12.2 Å². The van der Waals surface area contributed by atoms with Crippen molar-refractivity contribution in [2.45, 2.75) is 65.9 Å². The van der Waals surface area contributed by atoms with Gasteiger partial charge in [0.05, 0.1) is 0 Å². The Morgan fingerprint density at radius 2 is 2.06 bits per heavy atom. The second-order valence-electron chi connectivity index (χ2n) is 6.33. The predicted molar refractivity (Wildman–Crippen MR) is 75.3 cm³/mol. The minimum atomic E-state index is -0.276. The highest BCUT2D eigenvalue weighted by Crippen LogP contribution is 2.45. The lowest BCUT2D eigenvalue weighted by Gasteiger charge is -2.47. The van der Waals surface area contributed by atoms with Crippen molar-refractivity contribution in [1.82, 2.24) is 0 Å². The molecule has 1 aliphatic rings. The lowest BCUT2D eigenvalue weighted by atomic mass is 9.66. The summed E-state index contributed by atoms with van der Waals surface area (Å²) in [6.07, 6.45) is 4.30. The number of esters is 1. The van der Waals surface area contributed by atoms with Crippen molar-refractivity contribution >= 4 is 5.97 Å². The van der Waals surface area contributed by atoms with Gasteiger partial charge in [0.1, 0.15) is 5.60 Å². The summed E-state index contributed by atoms with van der Waals surface area (Å²) in [6, 6.07) is 0. The Bertz CT molecular complexity index is 319. The van der Waals surface area contributed by atoms with Gasteiger partial charge in [0, 0.05) is 11.5 Å². The summed E-state index contributed by atoms with van der Waals surface area (Å²) in [7, 11) is 0. The molecule has 0 aromatic heterocycles. The number of ether oxygens (including phenoxy) is 1. The van der Waals surface area contributed by atoms with Crippen LogP contribution in [0.2, 0.25) is 0 Å². The summed E-state index contributed by atoms with van der Waals surface area (Å²) >= 11 is 0. The zero-order chi connectivity index (χ0) is 13.9. The molecule has 0 aromatic carbocycles. The van der Waals surface area contributed by atoms with E-state index in [0.717, 1.165) is 19.3 Å². The third-order valence-electron chi connectivity index (χ3n) is 4.39. The summed E-state index contributed by atoms with van der Waals surface area (Å²) in [4.78, 5) is 11.9. The zero-order valence-corrected chi connectivity index (χ0v) is 12.6. The number of carbonyl (C=O) groups excluding carboxylic acids is 1. The quantitative estimate of drug-likeness (QED) is 0.549. The van der Waals surface area contributed by atoms with Crippen molar-refractivity contribution in [1.29, 1.82) is 0 Å². The van der Waals surface area contributed by atoms with Crippen LogP contribution in [0.4, 0.5) is 0 Å². The molecule has 0 saturated heterocycles. The largest absolute Gasteiger partial charge is 0.455 e. The van der Waals surface area contributed by atoms with E-state index in [0.29, 0.717) is 23.3 Å². The zero-order valence-electron chi connectivity index (χ0n) is 12.6. The standard InChI is InChI=1S/C16H28O2/c1-7-16(18-15(17)12(4)5)10-13(6)8-9-14(16)11(2)3/h11,13-14H,4,7-10H2,1-3,5-6H3. The van der Waals surface area contributed by atoms with Crippen LogP contribution in [0.3, 0.4) is 0 Å². The normalized spacial score (nSPS) is 32.3. The van der Waals surface area contributed by atoms with Crippen molar-refractivity contribution in [3.8, 4) is 0 Å². The Morgan fingerprint density at radius 1 is 1.44 bits per heavy atom. The highest BCUT2D eigenvalue weighted by Gasteiger charge is 2.46. The maximum absolute atomic E-state index is 11.9. The fourth-order valence-corrected chi connectivity index (χ4v) is 3.38. The summed E-state index contributed by atoms with van der Waals surface area (Å²) in [5.41, 5.74) is 0.227. The number of rotatable bonds is 4. The third kappa shape index (κ3) is 3.15. The van der Waals surface area contributed by atoms with E-state index in [2.05, 4.69) is 34.3 Å². The molecule has 0 bridgehead atoms. The Hall–Kier alpha value is -0.790. The van der Waals surface area contributed by atoms with Gasteiger partial charge in [-0.2, -0.15) is 0 Å². The molecule has 0 amide bonds. The molecule has 0 spiro atoms. The number of hydrogen-bond acceptors (Lipinski definition) is 2. The molecule has 0 radical (unpaired) electrons. The first kappa shape index (κ1) is 15.3. The minimum Gasteiger partial charge on any atom is -0.455 e. The Kier molecular flexibility index (Phi) is 5.01. The van der Waals surface area contributed by atoms with Crippen molar-refractivity contribution in [2.24, 2.45) is 17.8 Å². The van der Waals surface area contributed by atoms with Crippen molar-refractivity contribution < 1.29 is 9.53 Å². The molecule has 0 heterocycles. The lowest BCUT2D eigenvalue weighted by Crippen LogP contribution is -2.48. The van der Waals surface area contributed by atoms with Crippen LogP contribution in [0.1, 0.15) is 60.3 Å². The van der Waals surface area contributed by atoms with Crippen LogP contribution < -0.4 is 0 Å². The summed E-state index contributed by atoms with van der Waals surface area (Å²) in [6.45, 7) is 14.3. The van der Waals surface area contributed by atoms with E-state index in [9.17, 15) is 4.79 Å². The monoisotopic (exact) mass is 252 g/mol. The fraction of sp³-hybridized carbons (Fsp3) is 0.812.